The molecule has 7 nitrogen and oxygen atoms in total. The predicted molar refractivity (Wildman–Crippen MR) is 82.0 cm³/mol. The third-order valence-corrected chi connectivity index (χ3v) is 7.15. The van der Waals surface area contributed by atoms with Crippen LogP contribution in [-0.4, -0.2) is 54.0 Å². The third kappa shape index (κ3) is 3.65. The van der Waals surface area contributed by atoms with Crippen molar-refractivity contribution >= 4 is 31.5 Å². The Morgan fingerprint density at radius 1 is 1.23 bits per heavy atom. The quantitative estimate of drug-likeness (QED) is 0.754. The van der Waals surface area contributed by atoms with Crippen LogP contribution in [0.15, 0.2) is 23.1 Å². The third-order valence-electron chi connectivity index (χ3n) is 3.25. The molecule has 0 saturated carbocycles. The summed E-state index contributed by atoms with van der Waals surface area (Å²) in [5.41, 5.74) is 0. The normalized spacial score (nSPS) is 24.1. The Labute approximate surface area is 134 Å². The number of benzene rings is 1. The molecule has 0 unspecified atom stereocenters. The molecule has 1 aliphatic heterocycles. The van der Waals surface area contributed by atoms with Gasteiger partial charge in [0.05, 0.1) is 37.1 Å². The van der Waals surface area contributed by atoms with Crippen molar-refractivity contribution in [2.75, 3.05) is 25.7 Å². The van der Waals surface area contributed by atoms with E-state index >= 15 is 0 Å². The molecule has 124 valence electrons. The highest BCUT2D eigenvalue weighted by molar-refractivity contribution is 7.92. The number of nitrogens with one attached hydrogen (secondary N) is 1. The molecule has 2 rings (SSSR count). The fourth-order valence-electron chi connectivity index (χ4n) is 2.17. The number of halogens is 1. The summed E-state index contributed by atoms with van der Waals surface area (Å²) in [4.78, 5) is -0.107. The maximum absolute atomic E-state index is 12.4. The van der Waals surface area contributed by atoms with Gasteiger partial charge in [-0.3, -0.25) is 0 Å². The van der Waals surface area contributed by atoms with Crippen LogP contribution in [0.3, 0.4) is 0 Å². The zero-order chi connectivity index (χ0) is 16.5. The van der Waals surface area contributed by atoms with E-state index in [4.69, 9.17) is 21.1 Å². The lowest BCUT2D eigenvalue weighted by Gasteiger charge is -2.16. The first-order chi connectivity index (χ1) is 10.2. The summed E-state index contributed by atoms with van der Waals surface area (Å²) in [6, 6.07) is 3.36. The molecule has 0 spiro atoms. The predicted octanol–water partition coefficient (Wildman–Crippen LogP) is 0.387. The molecule has 10 heteroatoms. The van der Waals surface area contributed by atoms with Crippen molar-refractivity contribution in [1.29, 1.82) is 0 Å². The zero-order valence-electron chi connectivity index (χ0n) is 11.9. The SMILES string of the molecule is COc1ccc(S(=O)(=O)N[C@H]2CS(=O)(=O)C[C@H]2Cl)c(OC)c1. The first-order valence-electron chi connectivity index (χ1n) is 6.27. The fourth-order valence-corrected chi connectivity index (χ4v) is 6.33. The second-order valence-corrected chi connectivity index (χ2v) is 9.23. The van der Waals surface area contributed by atoms with Gasteiger partial charge in [-0.25, -0.2) is 21.6 Å². The van der Waals surface area contributed by atoms with Gasteiger partial charge in [-0.05, 0) is 12.1 Å². The van der Waals surface area contributed by atoms with Gasteiger partial charge in [0.2, 0.25) is 10.0 Å². The number of hydrogen-bond donors (Lipinski definition) is 1. The van der Waals surface area contributed by atoms with E-state index in [1.165, 1.54) is 32.4 Å². The Balaban J connectivity index is 2.31. The summed E-state index contributed by atoms with van der Waals surface area (Å²) in [6.45, 7) is 0. The lowest BCUT2D eigenvalue weighted by atomic mass is 10.3. The molecule has 1 fully saturated rings. The fraction of sp³-hybridized carbons (Fsp3) is 0.500. The van der Waals surface area contributed by atoms with E-state index in [9.17, 15) is 16.8 Å². The van der Waals surface area contributed by atoms with Crippen LogP contribution in [-0.2, 0) is 19.9 Å². The van der Waals surface area contributed by atoms with Crippen molar-refractivity contribution in [3.63, 3.8) is 0 Å². The average molecular weight is 370 g/mol. The van der Waals surface area contributed by atoms with Gasteiger partial charge in [-0.2, -0.15) is 0 Å². The molecule has 0 bridgehead atoms. The molecule has 1 aromatic carbocycles. The van der Waals surface area contributed by atoms with Crippen LogP contribution in [0.5, 0.6) is 11.5 Å². The number of methoxy groups -OCH3 is 2. The van der Waals surface area contributed by atoms with Crippen molar-refractivity contribution in [3.05, 3.63) is 18.2 Å². The summed E-state index contributed by atoms with van der Waals surface area (Å²) < 4.78 is 60.3. The van der Waals surface area contributed by atoms with Gasteiger partial charge in [0, 0.05) is 6.07 Å². The maximum Gasteiger partial charge on any atom is 0.244 e. The van der Waals surface area contributed by atoms with Crippen LogP contribution in [0.1, 0.15) is 0 Å². The van der Waals surface area contributed by atoms with Gasteiger partial charge < -0.3 is 9.47 Å². The number of rotatable bonds is 5. The van der Waals surface area contributed by atoms with Crippen LogP contribution in [0, 0.1) is 0 Å². The standard InChI is InChI=1S/C12H16ClNO6S2/c1-19-8-3-4-12(11(5-8)20-2)22(17,18)14-10-7-21(15,16)6-9(10)13/h3-5,9-10,14H,6-7H2,1-2H3/t9-,10+/m1/s1. The number of ether oxygens (including phenoxy) is 2. The van der Waals surface area contributed by atoms with E-state index in [0.29, 0.717) is 5.75 Å². The minimum Gasteiger partial charge on any atom is -0.497 e. The molecule has 0 amide bonds. The Bertz CT molecular complexity index is 762. The van der Waals surface area contributed by atoms with E-state index in [-0.39, 0.29) is 22.2 Å². The Morgan fingerprint density at radius 2 is 1.91 bits per heavy atom. The van der Waals surface area contributed by atoms with Crippen LogP contribution in [0.4, 0.5) is 0 Å². The number of hydrogen-bond acceptors (Lipinski definition) is 6. The van der Waals surface area contributed by atoms with E-state index in [1.54, 1.807) is 0 Å². The topological polar surface area (TPSA) is 98.8 Å². The van der Waals surface area contributed by atoms with Crippen molar-refractivity contribution in [2.24, 2.45) is 0 Å². The molecule has 1 aliphatic rings. The molecule has 1 heterocycles. The van der Waals surface area contributed by atoms with Gasteiger partial charge in [-0.15, -0.1) is 11.6 Å². The molecule has 22 heavy (non-hydrogen) atoms. The second-order valence-electron chi connectivity index (χ2n) is 4.84. The minimum absolute atomic E-state index is 0.0961. The van der Waals surface area contributed by atoms with Crippen LogP contribution in [0.25, 0.3) is 0 Å². The van der Waals surface area contributed by atoms with Crippen molar-refractivity contribution in [2.45, 2.75) is 16.3 Å². The average Bonchev–Trinajstić information content (AvgIpc) is 2.69. The first kappa shape index (κ1) is 17.3. The lowest BCUT2D eigenvalue weighted by Crippen LogP contribution is -2.40. The molecule has 1 N–H and O–H groups in total. The first-order valence-corrected chi connectivity index (χ1v) is 10.0. The number of sulfonamides is 1. The van der Waals surface area contributed by atoms with Crippen LogP contribution >= 0.6 is 11.6 Å². The molecule has 0 radical (unpaired) electrons. The Kier molecular flexibility index (Phi) is 4.90. The van der Waals surface area contributed by atoms with Crippen molar-refractivity contribution in [3.8, 4) is 11.5 Å². The van der Waals surface area contributed by atoms with Gasteiger partial charge in [0.15, 0.2) is 9.84 Å². The van der Waals surface area contributed by atoms with Crippen molar-refractivity contribution in [1.82, 2.24) is 4.72 Å². The van der Waals surface area contributed by atoms with Crippen LogP contribution in [0.2, 0.25) is 0 Å². The van der Waals surface area contributed by atoms with Crippen LogP contribution < -0.4 is 14.2 Å². The van der Waals surface area contributed by atoms with Gasteiger partial charge in [0.25, 0.3) is 0 Å². The lowest BCUT2D eigenvalue weighted by molar-refractivity contribution is 0.385. The highest BCUT2D eigenvalue weighted by atomic mass is 35.5. The summed E-state index contributed by atoms with van der Waals surface area (Å²) in [7, 11) is -4.53. The van der Waals surface area contributed by atoms with E-state index in [2.05, 4.69) is 4.72 Å². The second kappa shape index (κ2) is 6.23. The highest BCUT2D eigenvalue weighted by Crippen LogP contribution is 2.29. The van der Waals surface area contributed by atoms with E-state index in [0.717, 1.165) is 0 Å². The molecular weight excluding hydrogens is 354 g/mol. The molecule has 0 aromatic heterocycles. The highest BCUT2D eigenvalue weighted by Gasteiger charge is 2.39. The van der Waals surface area contributed by atoms with Gasteiger partial charge in [-0.1, -0.05) is 0 Å². The summed E-state index contributed by atoms with van der Waals surface area (Å²) >= 11 is 5.92. The van der Waals surface area contributed by atoms with Crippen molar-refractivity contribution < 1.29 is 26.3 Å². The Morgan fingerprint density at radius 3 is 2.41 bits per heavy atom. The molecule has 2 atom stereocenters. The summed E-state index contributed by atoms with van der Waals surface area (Å²) in [6.07, 6.45) is 0. The maximum atomic E-state index is 12.4. The van der Waals surface area contributed by atoms with E-state index < -0.39 is 31.3 Å². The number of alkyl halides is 1. The molecule has 1 saturated heterocycles. The smallest absolute Gasteiger partial charge is 0.244 e. The summed E-state index contributed by atoms with van der Waals surface area (Å²) in [5.74, 6) is -0.0336. The zero-order valence-corrected chi connectivity index (χ0v) is 14.3. The molecular formula is C12H16ClNO6S2. The molecule has 0 aliphatic carbocycles. The monoisotopic (exact) mass is 369 g/mol. The largest absolute Gasteiger partial charge is 0.497 e. The van der Waals surface area contributed by atoms with E-state index in [1.807, 2.05) is 0 Å². The van der Waals surface area contributed by atoms with Gasteiger partial charge >= 0.3 is 0 Å². The Hall–Kier alpha value is -1.03. The molecule has 1 aromatic rings. The summed E-state index contributed by atoms with van der Waals surface area (Å²) in [5, 5.41) is -0.802. The van der Waals surface area contributed by atoms with Gasteiger partial charge in [0.1, 0.15) is 16.4 Å². The minimum atomic E-state index is -3.97. The number of sulfone groups is 1.